The van der Waals surface area contributed by atoms with Gasteiger partial charge in [-0.25, -0.2) is 0 Å². The Morgan fingerprint density at radius 2 is 2.45 bits per heavy atom. The lowest BCUT2D eigenvalue weighted by molar-refractivity contribution is -0.116. The molecule has 1 N–H and O–H groups in total. The summed E-state index contributed by atoms with van der Waals surface area (Å²) in [6.07, 6.45) is 4.85. The molecule has 0 aliphatic carbocycles. The summed E-state index contributed by atoms with van der Waals surface area (Å²) < 4.78 is 5.06. The molecule has 62 valence electrons. The Hall–Kier alpha value is -1.01. The van der Waals surface area contributed by atoms with Gasteiger partial charge in [0.2, 0.25) is 0 Å². The van der Waals surface area contributed by atoms with Gasteiger partial charge in [-0.05, 0) is 19.8 Å². The van der Waals surface area contributed by atoms with Gasteiger partial charge in [0, 0.05) is 6.61 Å². The van der Waals surface area contributed by atoms with Gasteiger partial charge in [0.25, 0.3) is 5.91 Å². The molecule has 1 atom stereocenters. The number of rotatable bonds is 4. The molecule has 0 saturated carbocycles. The lowest BCUT2D eigenvalue weighted by Crippen LogP contribution is -2.34. The van der Waals surface area contributed by atoms with Crippen LogP contribution in [0, 0.1) is 12.3 Å². The molecule has 0 heterocycles. The standard InChI is InChI=1S/C8H13NO2/c1-4-8(10)9-7(3)6-11-5-2/h1,7H,5-6H2,2-3H3,(H,9,10)/t7-/m0/s1. The Labute approximate surface area is 67.1 Å². The van der Waals surface area contributed by atoms with Crippen LogP contribution in [-0.4, -0.2) is 25.2 Å². The Bertz CT molecular complexity index is 160. The number of nitrogens with one attached hydrogen (secondary N) is 1. The van der Waals surface area contributed by atoms with E-state index in [1.165, 1.54) is 0 Å². The highest BCUT2D eigenvalue weighted by atomic mass is 16.5. The summed E-state index contributed by atoms with van der Waals surface area (Å²) in [4.78, 5) is 10.6. The van der Waals surface area contributed by atoms with Crippen molar-refractivity contribution in [1.29, 1.82) is 0 Å². The van der Waals surface area contributed by atoms with E-state index in [0.29, 0.717) is 13.2 Å². The van der Waals surface area contributed by atoms with Crippen LogP contribution in [0.1, 0.15) is 13.8 Å². The minimum absolute atomic E-state index is 0.0153. The van der Waals surface area contributed by atoms with Gasteiger partial charge in [0.05, 0.1) is 12.6 Å². The van der Waals surface area contributed by atoms with Crippen LogP contribution in [0.15, 0.2) is 0 Å². The highest BCUT2D eigenvalue weighted by Crippen LogP contribution is 1.83. The number of carbonyl (C=O) groups is 1. The first-order valence-electron chi connectivity index (χ1n) is 3.55. The highest BCUT2D eigenvalue weighted by Gasteiger charge is 2.02. The normalized spacial score (nSPS) is 11.7. The highest BCUT2D eigenvalue weighted by molar-refractivity contribution is 5.92. The van der Waals surface area contributed by atoms with Crippen molar-refractivity contribution in [3.63, 3.8) is 0 Å². The maximum absolute atomic E-state index is 10.6. The number of hydrogen-bond donors (Lipinski definition) is 1. The summed E-state index contributed by atoms with van der Waals surface area (Å²) in [6, 6.07) is -0.0153. The van der Waals surface area contributed by atoms with Crippen molar-refractivity contribution in [2.24, 2.45) is 0 Å². The first-order chi connectivity index (χ1) is 5.20. The van der Waals surface area contributed by atoms with Crippen molar-refractivity contribution in [1.82, 2.24) is 5.32 Å². The fourth-order valence-corrected chi connectivity index (χ4v) is 0.602. The van der Waals surface area contributed by atoms with E-state index in [2.05, 4.69) is 5.32 Å². The van der Waals surface area contributed by atoms with Crippen LogP contribution in [0.5, 0.6) is 0 Å². The zero-order valence-corrected chi connectivity index (χ0v) is 6.89. The predicted octanol–water partition coefficient (Wildman–Crippen LogP) is 0.161. The van der Waals surface area contributed by atoms with Gasteiger partial charge in [-0.3, -0.25) is 4.79 Å². The van der Waals surface area contributed by atoms with E-state index in [0.717, 1.165) is 0 Å². The third-order valence-electron chi connectivity index (χ3n) is 1.08. The van der Waals surface area contributed by atoms with E-state index in [1.54, 1.807) is 0 Å². The van der Waals surface area contributed by atoms with Crippen LogP contribution < -0.4 is 5.32 Å². The third-order valence-corrected chi connectivity index (χ3v) is 1.08. The van der Waals surface area contributed by atoms with Gasteiger partial charge < -0.3 is 10.1 Å². The van der Waals surface area contributed by atoms with Gasteiger partial charge in [-0.2, -0.15) is 0 Å². The summed E-state index contributed by atoms with van der Waals surface area (Å²) in [5, 5.41) is 2.56. The zero-order valence-electron chi connectivity index (χ0n) is 6.89. The molecule has 0 aliphatic rings. The van der Waals surface area contributed by atoms with Crippen LogP contribution in [-0.2, 0) is 9.53 Å². The molecule has 0 unspecified atom stereocenters. The Morgan fingerprint density at radius 3 is 2.91 bits per heavy atom. The minimum Gasteiger partial charge on any atom is -0.380 e. The largest absolute Gasteiger partial charge is 0.380 e. The molecule has 0 radical (unpaired) electrons. The van der Waals surface area contributed by atoms with Crippen LogP contribution in [0.3, 0.4) is 0 Å². The van der Waals surface area contributed by atoms with Crippen LogP contribution in [0.2, 0.25) is 0 Å². The average Bonchev–Trinajstić information content (AvgIpc) is 2.00. The van der Waals surface area contributed by atoms with Gasteiger partial charge in [0.15, 0.2) is 0 Å². The predicted molar refractivity (Wildman–Crippen MR) is 42.9 cm³/mol. The second-order valence-electron chi connectivity index (χ2n) is 2.18. The molecule has 1 amide bonds. The number of terminal acetylenes is 1. The fraction of sp³-hybridized carbons (Fsp3) is 0.625. The molecular weight excluding hydrogens is 142 g/mol. The molecule has 0 aliphatic heterocycles. The minimum atomic E-state index is -0.391. The molecule has 0 bridgehead atoms. The smallest absolute Gasteiger partial charge is 0.295 e. The molecule has 0 aromatic rings. The van der Waals surface area contributed by atoms with Crippen molar-refractivity contribution < 1.29 is 9.53 Å². The fourth-order valence-electron chi connectivity index (χ4n) is 0.602. The first-order valence-corrected chi connectivity index (χ1v) is 3.55. The van der Waals surface area contributed by atoms with Crippen LogP contribution in [0.4, 0.5) is 0 Å². The molecular formula is C8H13NO2. The molecule has 3 heteroatoms. The van der Waals surface area contributed by atoms with Gasteiger partial charge >= 0.3 is 0 Å². The van der Waals surface area contributed by atoms with Crippen molar-refractivity contribution in [3.8, 4) is 12.3 Å². The van der Waals surface area contributed by atoms with E-state index < -0.39 is 5.91 Å². The summed E-state index contributed by atoms with van der Waals surface area (Å²) in [6.45, 7) is 4.89. The summed E-state index contributed by atoms with van der Waals surface area (Å²) in [5.74, 6) is 1.58. The van der Waals surface area contributed by atoms with Gasteiger partial charge in [0.1, 0.15) is 0 Å². The molecule has 0 spiro atoms. The van der Waals surface area contributed by atoms with E-state index in [4.69, 9.17) is 11.2 Å². The SMILES string of the molecule is C#CC(=O)N[C@@H](C)COCC. The Kier molecular flexibility index (Phi) is 5.22. The topological polar surface area (TPSA) is 38.3 Å². The summed E-state index contributed by atoms with van der Waals surface area (Å²) in [5.41, 5.74) is 0. The maximum atomic E-state index is 10.6. The maximum Gasteiger partial charge on any atom is 0.295 e. The molecule has 0 fully saturated rings. The molecule has 0 aromatic carbocycles. The lowest BCUT2D eigenvalue weighted by atomic mass is 10.3. The third kappa shape index (κ3) is 5.43. The Balaban J connectivity index is 3.45. The number of hydrogen-bond acceptors (Lipinski definition) is 2. The second kappa shape index (κ2) is 5.75. The average molecular weight is 155 g/mol. The van der Waals surface area contributed by atoms with E-state index >= 15 is 0 Å². The monoisotopic (exact) mass is 155 g/mol. The lowest BCUT2D eigenvalue weighted by Gasteiger charge is -2.10. The summed E-state index contributed by atoms with van der Waals surface area (Å²) in [7, 11) is 0. The Morgan fingerprint density at radius 1 is 1.82 bits per heavy atom. The van der Waals surface area contributed by atoms with Crippen molar-refractivity contribution >= 4 is 5.91 Å². The quantitative estimate of drug-likeness (QED) is 0.587. The van der Waals surface area contributed by atoms with Crippen LogP contribution >= 0.6 is 0 Å². The molecule has 11 heavy (non-hydrogen) atoms. The van der Waals surface area contributed by atoms with Crippen molar-refractivity contribution in [2.45, 2.75) is 19.9 Å². The van der Waals surface area contributed by atoms with Crippen molar-refractivity contribution in [3.05, 3.63) is 0 Å². The number of amides is 1. The van der Waals surface area contributed by atoms with E-state index in [-0.39, 0.29) is 6.04 Å². The van der Waals surface area contributed by atoms with Gasteiger partial charge in [-0.1, -0.05) is 0 Å². The molecule has 3 nitrogen and oxygen atoms in total. The van der Waals surface area contributed by atoms with Crippen LogP contribution in [0.25, 0.3) is 0 Å². The van der Waals surface area contributed by atoms with E-state index in [1.807, 2.05) is 19.8 Å². The van der Waals surface area contributed by atoms with Gasteiger partial charge in [-0.15, -0.1) is 6.42 Å². The molecule has 0 saturated heterocycles. The summed E-state index contributed by atoms with van der Waals surface area (Å²) >= 11 is 0. The number of carbonyl (C=O) groups excluding carboxylic acids is 1. The second-order valence-corrected chi connectivity index (χ2v) is 2.18. The van der Waals surface area contributed by atoms with Crippen molar-refractivity contribution in [2.75, 3.05) is 13.2 Å². The first kappa shape index (κ1) is 9.99. The zero-order chi connectivity index (χ0) is 8.69. The molecule has 0 aromatic heterocycles. The molecule has 0 rings (SSSR count). The van der Waals surface area contributed by atoms with E-state index in [9.17, 15) is 4.79 Å². The number of ether oxygens (including phenoxy) is 1.